The molecule has 1 atom stereocenters. The zero-order valence-electron chi connectivity index (χ0n) is 8.48. The fourth-order valence-electron chi connectivity index (χ4n) is 2.13. The van der Waals surface area contributed by atoms with Gasteiger partial charge in [-0.1, -0.05) is 6.92 Å². The summed E-state index contributed by atoms with van der Waals surface area (Å²) in [5.74, 6) is -0.925. The van der Waals surface area contributed by atoms with E-state index in [-0.39, 0.29) is 0 Å². The first-order chi connectivity index (χ1) is 7.13. The van der Waals surface area contributed by atoms with Crippen LogP contribution >= 0.6 is 0 Å². The third-order valence-corrected chi connectivity index (χ3v) is 2.98. The lowest BCUT2D eigenvalue weighted by atomic mass is 9.84. The summed E-state index contributed by atoms with van der Waals surface area (Å²) in [4.78, 5) is 0. The topological polar surface area (TPSA) is 23.8 Å². The fourth-order valence-corrected chi connectivity index (χ4v) is 2.13. The minimum atomic E-state index is -0.733. The molecular formula is C12H11F2N. The first-order valence-corrected chi connectivity index (χ1v) is 5.03. The Morgan fingerprint density at radius 1 is 1.47 bits per heavy atom. The van der Waals surface area contributed by atoms with E-state index >= 15 is 0 Å². The number of hydrogen-bond donors (Lipinski definition) is 0. The highest BCUT2D eigenvalue weighted by Gasteiger charge is 2.23. The van der Waals surface area contributed by atoms with E-state index in [1.807, 2.05) is 0 Å². The lowest BCUT2D eigenvalue weighted by molar-refractivity contribution is 0.473. The van der Waals surface area contributed by atoms with Crippen molar-refractivity contribution in [2.45, 2.75) is 26.2 Å². The number of fused-ring (bicyclic) bond motifs is 1. The van der Waals surface area contributed by atoms with E-state index in [0.29, 0.717) is 24.3 Å². The molecule has 0 radical (unpaired) electrons. The maximum absolute atomic E-state index is 13.7. The van der Waals surface area contributed by atoms with Crippen LogP contribution in [0.3, 0.4) is 0 Å². The standard InChI is InChI=1S/C12H11F2N/c1-7-2-3-9-8(4-7)5-11(13)10(6-15)12(9)14/h5,7H,2-4H2,1H3. The van der Waals surface area contributed by atoms with Gasteiger partial charge in [-0.15, -0.1) is 0 Å². The Bertz CT molecular complexity index is 446. The lowest BCUT2D eigenvalue weighted by Gasteiger charge is -2.22. The Kier molecular flexibility index (Phi) is 2.44. The van der Waals surface area contributed by atoms with Gasteiger partial charge in [-0.2, -0.15) is 5.26 Å². The minimum absolute atomic E-state index is 0.441. The van der Waals surface area contributed by atoms with E-state index in [1.54, 1.807) is 6.07 Å². The first-order valence-electron chi connectivity index (χ1n) is 5.03. The molecule has 0 amide bonds. The average molecular weight is 207 g/mol. The first kappa shape index (κ1) is 10.1. The maximum atomic E-state index is 13.7. The van der Waals surface area contributed by atoms with E-state index in [9.17, 15) is 8.78 Å². The molecule has 1 aliphatic rings. The average Bonchev–Trinajstić information content (AvgIpc) is 2.17. The molecule has 1 nitrogen and oxygen atoms in total. The molecule has 15 heavy (non-hydrogen) atoms. The second-order valence-electron chi connectivity index (χ2n) is 4.14. The maximum Gasteiger partial charge on any atom is 0.147 e. The summed E-state index contributed by atoms with van der Waals surface area (Å²) >= 11 is 0. The summed E-state index contributed by atoms with van der Waals surface area (Å²) in [7, 11) is 0. The summed E-state index contributed by atoms with van der Waals surface area (Å²) in [6.45, 7) is 2.07. The van der Waals surface area contributed by atoms with E-state index < -0.39 is 17.2 Å². The van der Waals surface area contributed by atoms with Crippen LogP contribution in [0.25, 0.3) is 0 Å². The Hall–Kier alpha value is -1.43. The summed E-state index contributed by atoms with van der Waals surface area (Å²) in [6.07, 6.45) is 2.21. The smallest absolute Gasteiger partial charge is 0.147 e. The van der Waals surface area contributed by atoms with Crippen LogP contribution in [0.15, 0.2) is 6.07 Å². The largest absolute Gasteiger partial charge is 0.205 e. The predicted molar refractivity (Wildman–Crippen MR) is 52.3 cm³/mol. The SMILES string of the molecule is CC1CCc2c(cc(F)c(C#N)c2F)C1. The second-order valence-corrected chi connectivity index (χ2v) is 4.14. The van der Waals surface area contributed by atoms with Crippen molar-refractivity contribution in [3.63, 3.8) is 0 Å². The summed E-state index contributed by atoms with van der Waals surface area (Å²) < 4.78 is 27.0. The van der Waals surface area contributed by atoms with Crippen molar-refractivity contribution in [2.24, 2.45) is 5.92 Å². The second kappa shape index (κ2) is 3.62. The summed E-state index contributed by atoms with van der Waals surface area (Å²) in [5, 5.41) is 8.62. The van der Waals surface area contributed by atoms with Crippen molar-refractivity contribution in [2.75, 3.05) is 0 Å². The highest BCUT2D eigenvalue weighted by molar-refractivity contribution is 5.42. The van der Waals surface area contributed by atoms with Gasteiger partial charge in [0.15, 0.2) is 0 Å². The lowest BCUT2D eigenvalue weighted by Crippen LogP contribution is -2.14. The molecule has 1 unspecified atom stereocenters. The number of hydrogen-bond acceptors (Lipinski definition) is 1. The van der Waals surface area contributed by atoms with Crippen molar-refractivity contribution in [3.05, 3.63) is 34.4 Å². The fraction of sp³-hybridized carbons (Fsp3) is 0.417. The summed E-state index contributed by atoms with van der Waals surface area (Å²) in [5.41, 5.74) is 0.817. The highest BCUT2D eigenvalue weighted by Crippen LogP contribution is 2.30. The molecule has 0 saturated carbocycles. The number of rotatable bonds is 0. The molecule has 1 aliphatic carbocycles. The van der Waals surface area contributed by atoms with E-state index in [0.717, 1.165) is 12.0 Å². The molecule has 0 bridgehead atoms. The summed E-state index contributed by atoms with van der Waals surface area (Å²) in [6, 6.07) is 2.89. The molecule has 78 valence electrons. The van der Waals surface area contributed by atoms with E-state index in [4.69, 9.17) is 5.26 Å². The third-order valence-electron chi connectivity index (χ3n) is 2.98. The zero-order valence-corrected chi connectivity index (χ0v) is 8.48. The van der Waals surface area contributed by atoms with Crippen LogP contribution in [0, 0.1) is 28.9 Å². The molecule has 1 aromatic carbocycles. The number of nitrogens with zero attached hydrogens (tertiary/aromatic N) is 1. The number of halogens is 2. The van der Waals surface area contributed by atoms with E-state index in [1.165, 1.54) is 6.07 Å². The molecule has 1 aromatic rings. The van der Waals surface area contributed by atoms with Crippen LogP contribution in [0.1, 0.15) is 30.0 Å². The van der Waals surface area contributed by atoms with Crippen LogP contribution < -0.4 is 0 Å². The molecular weight excluding hydrogens is 196 g/mol. The minimum Gasteiger partial charge on any atom is -0.205 e. The van der Waals surface area contributed by atoms with Crippen LogP contribution in [0.4, 0.5) is 8.78 Å². The number of nitriles is 1. The third kappa shape index (κ3) is 1.61. The molecule has 0 saturated heterocycles. The van der Waals surface area contributed by atoms with Crippen LogP contribution in [-0.2, 0) is 12.8 Å². The molecule has 2 rings (SSSR count). The van der Waals surface area contributed by atoms with Crippen LogP contribution in [0.5, 0.6) is 0 Å². The van der Waals surface area contributed by atoms with Gasteiger partial charge in [0.25, 0.3) is 0 Å². The van der Waals surface area contributed by atoms with Gasteiger partial charge in [0.05, 0.1) is 0 Å². The monoisotopic (exact) mass is 207 g/mol. The van der Waals surface area contributed by atoms with Gasteiger partial charge >= 0.3 is 0 Å². The van der Waals surface area contributed by atoms with Crippen molar-refractivity contribution < 1.29 is 8.78 Å². The Labute approximate surface area is 87.3 Å². The normalized spacial score (nSPS) is 19.5. The van der Waals surface area contributed by atoms with Crippen molar-refractivity contribution in [1.29, 1.82) is 5.26 Å². The quantitative estimate of drug-likeness (QED) is 0.641. The zero-order chi connectivity index (χ0) is 11.0. The van der Waals surface area contributed by atoms with Gasteiger partial charge < -0.3 is 0 Å². The van der Waals surface area contributed by atoms with Gasteiger partial charge in [0, 0.05) is 0 Å². The van der Waals surface area contributed by atoms with Gasteiger partial charge in [0.2, 0.25) is 0 Å². The van der Waals surface area contributed by atoms with Gasteiger partial charge in [0.1, 0.15) is 23.3 Å². The van der Waals surface area contributed by atoms with Crippen molar-refractivity contribution >= 4 is 0 Å². The Morgan fingerprint density at radius 3 is 2.87 bits per heavy atom. The van der Waals surface area contributed by atoms with E-state index in [2.05, 4.69) is 6.92 Å². The molecule has 0 spiro atoms. The predicted octanol–water partition coefficient (Wildman–Crippen LogP) is 2.96. The van der Waals surface area contributed by atoms with Gasteiger partial charge in [-0.3, -0.25) is 0 Å². The molecule has 0 heterocycles. The molecule has 0 N–H and O–H groups in total. The van der Waals surface area contributed by atoms with Crippen molar-refractivity contribution in [1.82, 2.24) is 0 Å². The van der Waals surface area contributed by atoms with Gasteiger partial charge in [-0.05, 0) is 42.4 Å². The van der Waals surface area contributed by atoms with Gasteiger partial charge in [-0.25, -0.2) is 8.78 Å². The molecule has 0 fully saturated rings. The molecule has 0 aromatic heterocycles. The van der Waals surface area contributed by atoms with Crippen LogP contribution in [0.2, 0.25) is 0 Å². The van der Waals surface area contributed by atoms with Crippen LogP contribution in [-0.4, -0.2) is 0 Å². The Balaban J connectivity index is 2.59. The molecule has 0 aliphatic heterocycles. The number of benzene rings is 1. The highest BCUT2D eigenvalue weighted by atomic mass is 19.1. The van der Waals surface area contributed by atoms with Crippen molar-refractivity contribution in [3.8, 4) is 6.07 Å². The Morgan fingerprint density at radius 2 is 2.20 bits per heavy atom. The molecule has 3 heteroatoms.